The predicted molar refractivity (Wildman–Crippen MR) is 75.5 cm³/mol. The fraction of sp³-hybridized carbons (Fsp3) is 0.235. The highest BCUT2D eigenvalue weighted by molar-refractivity contribution is 5.35. The van der Waals surface area contributed by atoms with Gasteiger partial charge in [-0.25, -0.2) is 0 Å². The van der Waals surface area contributed by atoms with Crippen LogP contribution in [0.15, 0.2) is 48.5 Å². The van der Waals surface area contributed by atoms with E-state index in [1.807, 2.05) is 18.2 Å². The third-order valence-electron chi connectivity index (χ3n) is 3.74. The van der Waals surface area contributed by atoms with Crippen LogP contribution < -0.4 is 5.32 Å². The predicted octanol–water partition coefficient (Wildman–Crippen LogP) is 3.34. The van der Waals surface area contributed by atoms with E-state index in [1.54, 1.807) is 0 Å². The molecule has 2 heteroatoms. The maximum atomic E-state index is 8.90. The third kappa shape index (κ3) is 2.52. The molecule has 0 spiro atoms. The highest BCUT2D eigenvalue weighted by Crippen LogP contribution is 2.30. The van der Waals surface area contributed by atoms with Crippen LogP contribution in [0.4, 0.5) is 0 Å². The van der Waals surface area contributed by atoms with E-state index in [-0.39, 0.29) is 0 Å². The van der Waals surface area contributed by atoms with Crippen molar-refractivity contribution < 1.29 is 0 Å². The van der Waals surface area contributed by atoms with Gasteiger partial charge in [0.2, 0.25) is 0 Å². The number of hydrogen-bond donors (Lipinski definition) is 1. The normalized spacial score (nSPS) is 16.9. The average molecular weight is 248 g/mol. The largest absolute Gasteiger partial charge is 0.306 e. The first-order valence-corrected chi connectivity index (χ1v) is 6.67. The molecule has 0 bridgehead atoms. The molecule has 0 saturated carbocycles. The Balaban J connectivity index is 1.69. The van der Waals surface area contributed by atoms with Crippen LogP contribution in [0.3, 0.4) is 0 Å². The lowest BCUT2D eigenvalue weighted by atomic mass is 10.1. The first-order chi connectivity index (χ1) is 9.36. The summed E-state index contributed by atoms with van der Waals surface area (Å²) < 4.78 is 0. The maximum Gasteiger partial charge on any atom is 0.0991 e. The van der Waals surface area contributed by atoms with Crippen LogP contribution in [0.5, 0.6) is 0 Å². The molecule has 1 atom stereocenters. The number of benzene rings is 2. The molecule has 0 amide bonds. The maximum absolute atomic E-state index is 8.90. The minimum absolute atomic E-state index is 0.446. The second kappa shape index (κ2) is 5.26. The molecular formula is C17H16N2. The summed E-state index contributed by atoms with van der Waals surface area (Å²) in [4.78, 5) is 0. The van der Waals surface area contributed by atoms with Gasteiger partial charge < -0.3 is 5.32 Å². The average Bonchev–Trinajstić information content (AvgIpc) is 2.89. The summed E-state index contributed by atoms with van der Waals surface area (Å²) in [5.74, 6) is 0. The molecule has 0 fully saturated rings. The van der Waals surface area contributed by atoms with Crippen LogP contribution in [-0.4, -0.2) is 0 Å². The Morgan fingerprint density at radius 2 is 2.05 bits per heavy atom. The van der Waals surface area contributed by atoms with E-state index < -0.39 is 0 Å². The summed E-state index contributed by atoms with van der Waals surface area (Å²) in [5, 5.41) is 12.5. The van der Waals surface area contributed by atoms with Gasteiger partial charge in [0.25, 0.3) is 0 Å². The molecule has 1 N–H and O–H groups in total. The van der Waals surface area contributed by atoms with Crippen LogP contribution in [0, 0.1) is 11.3 Å². The summed E-state index contributed by atoms with van der Waals surface area (Å²) in [6.07, 6.45) is 2.32. The third-order valence-corrected chi connectivity index (χ3v) is 3.74. The van der Waals surface area contributed by atoms with E-state index in [9.17, 15) is 0 Å². The molecule has 0 radical (unpaired) electrons. The number of hydrogen-bond acceptors (Lipinski definition) is 2. The van der Waals surface area contributed by atoms with Crippen molar-refractivity contribution in [3.63, 3.8) is 0 Å². The summed E-state index contributed by atoms with van der Waals surface area (Å²) in [7, 11) is 0. The lowest BCUT2D eigenvalue weighted by molar-refractivity contribution is 0.530. The van der Waals surface area contributed by atoms with Gasteiger partial charge in [0.15, 0.2) is 0 Å². The number of nitrogens with zero attached hydrogens (tertiary/aromatic N) is 1. The van der Waals surface area contributed by atoms with Crippen molar-refractivity contribution in [3.05, 3.63) is 70.8 Å². The van der Waals surface area contributed by atoms with Gasteiger partial charge in [-0.15, -0.1) is 0 Å². The Bertz CT molecular complexity index is 625. The molecule has 94 valence electrons. The molecule has 2 aromatic rings. The number of rotatable bonds is 3. The van der Waals surface area contributed by atoms with Gasteiger partial charge in [0, 0.05) is 12.6 Å². The molecule has 1 unspecified atom stereocenters. The van der Waals surface area contributed by atoms with Crippen molar-refractivity contribution in [2.75, 3.05) is 0 Å². The summed E-state index contributed by atoms with van der Waals surface area (Å²) in [5.41, 5.74) is 4.79. The lowest BCUT2D eigenvalue weighted by Crippen LogP contribution is -2.18. The van der Waals surface area contributed by atoms with Crippen molar-refractivity contribution in [2.45, 2.75) is 25.4 Å². The van der Waals surface area contributed by atoms with Crippen molar-refractivity contribution in [3.8, 4) is 6.07 Å². The number of aryl methyl sites for hydroxylation is 1. The van der Waals surface area contributed by atoms with Gasteiger partial charge >= 0.3 is 0 Å². The lowest BCUT2D eigenvalue weighted by Gasteiger charge is -2.14. The first kappa shape index (κ1) is 12.0. The number of fused-ring (bicyclic) bond motifs is 1. The highest BCUT2D eigenvalue weighted by atomic mass is 14.9. The Morgan fingerprint density at radius 3 is 2.95 bits per heavy atom. The Labute approximate surface area is 113 Å². The van der Waals surface area contributed by atoms with Crippen molar-refractivity contribution in [1.29, 1.82) is 5.26 Å². The summed E-state index contributed by atoms with van der Waals surface area (Å²) in [6, 6.07) is 19.1. The number of nitriles is 1. The zero-order valence-corrected chi connectivity index (χ0v) is 10.8. The minimum atomic E-state index is 0.446. The van der Waals surface area contributed by atoms with Crippen molar-refractivity contribution in [1.82, 2.24) is 5.32 Å². The zero-order chi connectivity index (χ0) is 13.1. The van der Waals surface area contributed by atoms with Crippen LogP contribution >= 0.6 is 0 Å². The van der Waals surface area contributed by atoms with E-state index in [0.29, 0.717) is 6.04 Å². The van der Waals surface area contributed by atoms with Crippen molar-refractivity contribution >= 4 is 0 Å². The van der Waals surface area contributed by atoms with E-state index in [1.165, 1.54) is 16.7 Å². The van der Waals surface area contributed by atoms with Crippen molar-refractivity contribution in [2.24, 2.45) is 0 Å². The zero-order valence-electron chi connectivity index (χ0n) is 10.8. The Morgan fingerprint density at radius 1 is 1.16 bits per heavy atom. The SMILES string of the molecule is N#Cc1cccc(CNC2CCc3ccccc32)c1. The van der Waals surface area contributed by atoms with Crippen LogP contribution in [0.25, 0.3) is 0 Å². The molecule has 3 rings (SSSR count). The van der Waals surface area contributed by atoms with Gasteiger partial charge in [-0.05, 0) is 41.7 Å². The van der Waals surface area contributed by atoms with Crippen LogP contribution in [0.2, 0.25) is 0 Å². The van der Waals surface area contributed by atoms with E-state index in [4.69, 9.17) is 5.26 Å². The van der Waals surface area contributed by atoms with Gasteiger partial charge in [0.1, 0.15) is 0 Å². The Hall–Kier alpha value is -2.11. The molecule has 1 aliphatic rings. The molecule has 0 aromatic heterocycles. The second-order valence-electron chi connectivity index (χ2n) is 4.98. The molecule has 0 saturated heterocycles. The van der Waals surface area contributed by atoms with Crippen LogP contribution in [0.1, 0.15) is 34.7 Å². The van der Waals surface area contributed by atoms with Crippen LogP contribution in [-0.2, 0) is 13.0 Å². The molecule has 0 heterocycles. The minimum Gasteiger partial charge on any atom is -0.306 e. The fourth-order valence-corrected chi connectivity index (χ4v) is 2.76. The van der Waals surface area contributed by atoms with E-state index >= 15 is 0 Å². The van der Waals surface area contributed by atoms with Gasteiger partial charge in [0.05, 0.1) is 11.6 Å². The van der Waals surface area contributed by atoms with Gasteiger partial charge in [-0.1, -0.05) is 36.4 Å². The monoisotopic (exact) mass is 248 g/mol. The standard InChI is InChI=1S/C17H16N2/c18-11-13-4-3-5-14(10-13)12-19-17-9-8-15-6-1-2-7-16(15)17/h1-7,10,17,19H,8-9,12H2. The fourth-order valence-electron chi connectivity index (χ4n) is 2.76. The number of nitrogens with one attached hydrogen (secondary N) is 1. The quantitative estimate of drug-likeness (QED) is 0.904. The molecule has 19 heavy (non-hydrogen) atoms. The molecule has 2 aromatic carbocycles. The second-order valence-corrected chi connectivity index (χ2v) is 4.98. The Kier molecular flexibility index (Phi) is 3.31. The molecule has 1 aliphatic carbocycles. The first-order valence-electron chi connectivity index (χ1n) is 6.67. The topological polar surface area (TPSA) is 35.8 Å². The summed E-state index contributed by atoms with van der Waals surface area (Å²) >= 11 is 0. The highest BCUT2D eigenvalue weighted by Gasteiger charge is 2.20. The smallest absolute Gasteiger partial charge is 0.0991 e. The van der Waals surface area contributed by atoms with E-state index in [0.717, 1.165) is 24.9 Å². The van der Waals surface area contributed by atoms with Gasteiger partial charge in [-0.3, -0.25) is 0 Å². The summed E-state index contributed by atoms with van der Waals surface area (Å²) in [6.45, 7) is 0.814. The van der Waals surface area contributed by atoms with E-state index in [2.05, 4.69) is 41.7 Å². The molecule has 2 nitrogen and oxygen atoms in total. The molecule has 0 aliphatic heterocycles. The van der Waals surface area contributed by atoms with Gasteiger partial charge in [-0.2, -0.15) is 5.26 Å². The molecular weight excluding hydrogens is 232 g/mol.